The average molecular weight is 269 g/mol. The van der Waals surface area contributed by atoms with Crippen LogP contribution < -0.4 is 10.5 Å². The largest absolute Gasteiger partial charge is 0.457 e. The van der Waals surface area contributed by atoms with Gasteiger partial charge in [-0.05, 0) is 60.2 Å². The van der Waals surface area contributed by atoms with Gasteiger partial charge in [-0.15, -0.1) is 0 Å². The average Bonchev–Trinajstić information content (AvgIpc) is 2.42. The van der Waals surface area contributed by atoms with Crippen molar-refractivity contribution in [2.24, 2.45) is 0 Å². The molecule has 0 radical (unpaired) electrons. The molecular formula is C18H23NO. The number of aryl methyl sites for hydroxylation is 1. The molecule has 0 aliphatic carbocycles. The Balaban J connectivity index is 2.19. The Kier molecular flexibility index (Phi) is 4.03. The van der Waals surface area contributed by atoms with E-state index in [1.165, 1.54) is 5.56 Å². The van der Waals surface area contributed by atoms with Crippen LogP contribution in [0.15, 0.2) is 42.5 Å². The molecule has 2 N–H and O–H groups in total. The molecule has 0 atom stereocenters. The molecule has 2 heteroatoms. The zero-order valence-electron chi connectivity index (χ0n) is 12.7. The molecule has 2 aromatic carbocycles. The predicted octanol–water partition coefficient (Wildman–Crippen LogP) is 5.06. The van der Waals surface area contributed by atoms with Gasteiger partial charge in [0.05, 0.1) is 0 Å². The van der Waals surface area contributed by atoms with Gasteiger partial charge in [-0.1, -0.05) is 32.9 Å². The highest BCUT2D eigenvalue weighted by atomic mass is 16.5. The molecule has 106 valence electrons. The summed E-state index contributed by atoms with van der Waals surface area (Å²) >= 11 is 0. The summed E-state index contributed by atoms with van der Waals surface area (Å²) in [6, 6.07) is 14.0. The van der Waals surface area contributed by atoms with Crippen LogP contribution in [0, 0.1) is 6.92 Å². The summed E-state index contributed by atoms with van der Waals surface area (Å²) in [4.78, 5) is 0. The second-order valence-electron chi connectivity index (χ2n) is 5.89. The summed E-state index contributed by atoms with van der Waals surface area (Å²) in [5.74, 6) is 1.70. The highest BCUT2D eigenvalue weighted by molar-refractivity contribution is 5.48. The Morgan fingerprint density at radius 3 is 2.25 bits per heavy atom. The first kappa shape index (κ1) is 14.4. The third-order valence-corrected chi connectivity index (χ3v) is 3.95. The van der Waals surface area contributed by atoms with Gasteiger partial charge in [0, 0.05) is 5.69 Å². The van der Waals surface area contributed by atoms with Gasteiger partial charge in [0.1, 0.15) is 11.5 Å². The van der Waals surface area contributed by atoms with Gasteiger partial charge in [0.15, 0.2) is 0 Å². The zero-order valence-corrected chi connectivity index (χ0v) is 12.7. The van der Waals surface area contributed by atoms with Crippen LogP contribution in [0.5, 0.6) is 11.5 Å². The minimum Gasteiger partial charge on any atom is -0.457 e. The van der Waals surface area contributed by atoms with Gasteiger partial charge in [-0.3, -0.25) is 0 Å². The molecule has 0 bridgehead atoms. The number of hydrogen-bond acceptors (Lipinski definition) is 2. The molecule has 0 saturated heterocycles. The summed E-state index contributed by atoms with van der Waals surface area (Å²) in [6.45, 7) is 8.72. The van der Waals surface area contributed by atoms with E-state index in [0.29, 0.717) is 0 Å². The Hall–Kier alpha value is -1.96. The van der Waals surface area contributed by atoms with E-state index in [2.05, 4.69) is 32.9 Å². The lowest BCUT2D eigenvalue weighted by atomic mass is 9.82. The number of benzene rings is 2. The lowest BCUT2D eigenvalue weighted by Gasteiger charge is -2.23. The van der Waals surface area contributed by atoms with Crippen LogP contribution >= 0.6 is 0 Å². The molecule has 0 fully saturated rings. The second kappa shape index (κ2) is 5.58. The van der Waals surface area contributed by atoms with Crippen molar-refractivity contribution in [1.29, 1.82) is 0 Å². The van der Waals surface area contributed by atoms with Crippen molar-refractivity contribution in [2.45, 2.75) is 39.5 Å². The van der Waals surface area contributed by atoms with Crippen molar-refractivity contribution >= 4 is 5.69 Å². The molecule has 0 aliphatic heterocycles. The number of ether oxygens (including phenoxy) is 1. The van der Waals surface area contributed by atoms with Gasteiger partial charge in [0.2, 0.25) is 0 Å². The van der Waals surface area contributed by atoms with Gasteiger partial charge >= 0.3 is 0 Å². The minimum absolute atomic E-state index is 0.204. The second-order valence-corrected chi connectivity index (χ2v) is 5.89. The van der Waals surface area contributed by atoms with Crippen LogP contribution in [0.25, 0.3) is 0 Å². The van der Waals surface area contributed by atoms with Crippen LogP contribution in [0.1, 0.15) is 38.3 Å². The van der Waals surface area contributed by atoms with E-state index in [1.54, 1.807) is 0 Å². The van der Waals surface area contributed by atoms with Crippen molar-refractivity contribution in [3.63, 3.8) is 0 Å². The summed E-state index contributed by atoms with van der Waals surface area (Å²) in [7, 11) is 0. The Labute approximate surface area is 121 Å². The first-order valence-corrected chi connectivity index (χ1v) is 7.07. The smallest absolute Gasteiger partial charge is 0.130 e. The number of nitrogens with two attached hydrogens (primary N) is 1. The summed E-state index contributed by atoms with van der Waals surface area (Å²) in [5.41, 5.74) is 9.09. The van der Waals surface area contributed by atoms with Crippen molar-refractivity contribution < 1.29 is 4.74 Å². The van der Waals surface area contributed by atoms with E-state index < -0.39 is 0 Å². The van der Waals surface area contributed by atoms with Crippen molar-refractivity contribution in [2.75, 3.05) is 5.73 Å². The maximum atomic E-state index is 5.91. The number of nitrogen functional groups attached to an aromatic ring is 1. The quantitative estimate of drug-likeness (QED) is 0.788. The summed E-state index contributed by atoms with van der Waals surface area (Å²) < 4.78 is 5.91. The fourth-order valence-corrected chi connectivity index (χ4v) is 2.09. The van der Waals surface area contributed by atoms with Gasteiger partial charge in [0.25, 0.3) is 0 Å². The van der Waals surface area contributed by atoms with E-state index in [-0.39, 0.29) is 5.41 Å². The van der Waals surface area contributed by atoms with Crippen molar-refractivity contribution in [1.82, 2.24) is 0 Å². The molecule has 2 nitrogen and oxygen atoms in total. The van der Waals surface area contributed by atoms with Crippen molar-refractivity contribution in [3.05, 3.63) is 53.6 Å². The first-order chi connectivity index (χ1) is 9.42. The summed E-state index contributed by atoms with van der Waals surface area (Å²) in [6.07, 6.45) is 1.12. The third kappa shape index (κ3) is 3.13. The molecule has 0 aromatic heterocycles. The fraction of sp³-hybridized carbons (Fsp3) is 0.333. The Bertz CT molecular complexity index is 585. The standard InChI is InChI=1S/C18H23NO/c1-5-18(3,4)14-6-9-16(10-7-14)20-17-11-8-15(19)12-13(17)2/h6-12H,5,19H2,1-4H3. The third-order valence-electron chi connectivity index (χ3n) is 3.95. The van der Waals surface area contributed by atoms with Crippen molar-refractivity contribution in [3.8, 4) is 11.5 Å². The minimum atomic E-state index is 0.204. The zero-order chi connectivity index (χ0) is 14.8. The lowest BCUT2D eigenvalue weighted by Crippen LogP contribution is -2.14. The van der Waals surface area contributed by atoms with Gasteiger partial charge < -0.3 is 10.5 Å². The molecule has 2 rings (SSSR count). The van der Waals surface area contributed by atoms with E-state index in [4.69, 9.17) is 10.5 Å². The number of anilines is 1. The SMILES string of the molecule is CCC(C)(C)c1ccc(Oc2ccc(N)cc2C)cc1. The highest BCUT2D eigenvalue weighted by Gasteiger charge is 2.17. The molecule has 0 unspecified atom stereocenters. The molecule has 0 aliphatic rings. The van der Waals surface area contributed by atoms with E-state index in [9.17, 15) is 0 Å². The van der Waals surface area contributed by atoms with Crippen LogP contribution in [-0.4, -0.2) is 0 Å². The first-order valence-electron chi connectivity index (χ1n) is 7.07. The monoisotopic (exact) mass is 269 g/mol. The van der Waals surface area contributed by atoms with Crippen LogP contribution in [0.4, 0.5) is 5.69 Å². The molecule has 0 amide bonds. The van der Waals surface area contributed by atoms with Crippen LogP contribution in [0.3, 0.4) is 0 Å². The van der Waals surface area contributed by atoms with Gasteiger partial charge in [-0.25, -0.2) is 0 Å². The highest BCUT2D eigenvalue weighted by Crippen LogP contribution is 2.30. The summed E-state index contributed by atoms with van der Waals surface area (Å²) in [5, 5.41) is 0. The van der Waals surface area contributed by atoms with E-state index in [1.807, 2.05) is 37.3 Å². The molecular weight excluding hydrogens is 246 g/mol. The molecule has 20 heavy (non-hydrogen) atoms. The molecule has 2 aromatic rings. The lowest BCUT2D eigenvalue weighted by molar-refractivity contribution is 0.475. The predicted molar refractivity (Wildman–Crippen MR) is 85.4 cm³/mol. The molecule has 0 spiro atoms. The van der Waals surface area contributed by atoms with E-state index in [0.717, 1.165) is 29.2 Å². The van der Waals surface area contributed by atoms with Crippen LogP contribution in [-0.2, 0) is 5.41 Å². The normalized spacial score (nSPS) is 11.4. The maximum Gasteiger partial charge on any atom is 0.130 e. The van der Waals surface area contributed by atoms with Gasteiger partial charge in [-0.2, -0.15) is 0 Å². The Morgan fingerprint density at radius 2 is 1.70 bits per heavy atom. The molecule has 0 heterocycles. The maximum absolute atomic E-state index is 5.91. The molecule has 0 saturated carbocycles. The van der Waals surface area contributed by atoms with Crippen LogP contribution in [0.2, 0.25) is 0 Å². The number of hydrogen-bond donors (Lipinski definition) is 1. The Morgan fingerprint density at radius 1 is 1.05 bits per heavy atom. The van der Waals surface area contributed by atoms with E-state index >= 15 is 0 Å². The topological polar surface area (TPSA) is 35.2 Å². The number of rotatable bonds is 4. The fourth-order valence-electron chi connectivity index (χ4n) is 2.09.